The number of amides is 3. The van der Waals surface area contributed by atoms with E-state index in [1.54, 1.807) is 46.6 Å². The monoisotopic (exact) mass is 455 g/mol. The summed E-state index contributed by atoms with van der Waals surface area (Å²) in [5, 5.41) is 2.93. The number of rotatable bonds is 9. The molecule has 3 heterocycles. The van der Waals surface area contributed by atoms with E-state index in [0.29, 0.717) is 50.8 Å². The van der Waals surface area contributed by atoms with Crippen molar-refractivity contribution in [3.63, 3.8) is 0 Å². The summed E-state index contributed by atoms with van der Waals surface area (Å²) in [6, 6.07) is 7.02. The molecule has 2 aromatic rings. The van der Waals surface area contributed by atoms with Crippen LogP contribution in [0.25, 0.3) is 0 Å². The Bertz CT molecular complexity index is 941. The minimum Gasteiger partial charge on any atom is -0.484 e. The van der Waals surface area contributed by atoms with Gasteiger partial charge in [0, 0.05) is 57.2 Å². The summed E-state index contributed by atoms with van der Waals surface area (Å²) in [4.78, 5) is 44.5. The maximum Gasteiger partial charge on any atom is 0.260 e. The standard InChI is InChI=1S/C23H29N5O5/c29-21-14-18(23(31)25-6-1-8-26-9-7-24-17-26)15-28(21)19-2-4-20(5-3-19)33-16-22(30)27-10-12-32-13-11-27/h2-5,7,9,17-18H,1,6,8,10-16H2,(H,25,31)/t18-/m0/s1. The van der Waals surface area contributed by atoms with Gasteiger partial charge in [-0.2, -0.15) is 0 Å². The van der Waals surface area contributed by atoms with E-state index >= 15 is 0 Å². The van der Waals surface area contributed by atoms with Gasteiger partial charge in [-0.3, -0.25) is 14.4 Å². The second-order valence-electron chi connectivity index (χ2n) is 8.13. The first-order valence-corrected chi connectivity index (χ1v) is 11.2. The molecule has 2 saturated heterocycles. The topological polar surface area (TPSA) is 106 Å². The van der Waals surface area contributed by atoms with Gasteiger partial charge in [-0.1, -0.05) is 0 Å². The zero-order valence-electron chi connectivity index (χ0n) is 18.5. The van der Waals surface area contributed by atoms with Crippen LogP contribution in [0.3, 0.4) is 0 Å². The third-order valence-corrected chi connectivity index (χ3v) is 5.82. The molecule has 0 radical (unpaired) electrons. The zero-order chi connectivity index (χ0) is 23.0. The molecule has 0 saturated carbocycles. The van der Waals surface area contributed by atoms with Crippen molar-refractivity contribution in [3.05, 3.63) is 43.0 Å². The van der Waals surface area contributed by atoms with E-state index in [4.69, 9.17) is 9.47 Å². The highest BCUT2D eigenvalue weighted by atomic mass is 16.5. The third kappa shape index (κ3) is 6.10. The second-order valence-corrected chi connectivity index (χ2v) is 8.13. The summed E-state index contributed by atoms with van der Waals surface area (Å²) in [5.41, 5.74) is 0.710. The van der Waals surface area contributed by atoms with Crippen molar-refractivity contribution in [2.75, 3.05) is 50.9 Å². The van der Waals surface area contributed by atoms with E-state index in [9.17, 15) is 14.4 Å². The van der Waals surface area contributed by atoms with Crippen molar-refractivity contribution in [1.29, 1.82) is 0 Å². The number of anilines is 1. The van der Waals surface area contributed by atoms with Crippen LogP contribution in [0.5, 0.6) is 5.75 Å². The molecule has 1 N–H and O–H groups in total. The Labute approximate surface area is 192 Å². The van der Waals surface area contributed by atoms with Crippen LogP contribution in [-0.4, -0.2) is 78.2 Å². The lowest BCUT2D eigenvalue weighted by Crippen LogP contribution is -2.42. The number of morpholine rings is 1. The number of ether oxygens (including phenoxy) is 2. The maximum atomic E-state index is 12.5. The molecule has 0 unspecified atom stereocenters. The third-order valence-electron chi connectivity index (χ3n) is 5.82. The molecule has 10 nitrogen and oxygen atoms in total. The van der Waals surface area contributed by atoms with Crippen molar-refractivity contribution in [2.24, 2.45) is 5.92 Å². The normalized spacial score (nSPS) is 18.4. The molecule has 0 aliphatic carbocycles. The molecule has 1 aromatic heterocycles. The van der Waals surface area contributed by atoms with E-state index in [0.717, 1.165) is 13.0 Å². The molecule has 0 spiro atoms. The number of imidazole rings is 1. The predicted octanol–water partition coefficient (Wildman–Crippen LogP) is 0.680. The van der Waals surface area contributed by atoms with Gasteiger partial charge in [0.15, 0.2) is 6.61 Å². The van der Waals surface area contributed by atoms with Crippen molar-refractivity contribution in [3.8, 4) is 5.75 Å². The van der Waals surface area contributed by atoms with Crippen LogP contribution in [0.1, 0.15) is 12.8 Å². The highest BCUT2D eigenvalue weighted by Crippen LogP contribution is 2.27. The Balaban J connectivity index is 1.21. The summed E-state index contributed by atoms with van der Waals surface area (Å²) in [6.07, 6.45) is 6.34. The lowest BCUT2D eigenvalue weighted by atomic mass is 10.1. The first-order chi connectivity index (χ1) is 16.1. The van der Waals surface area contributed by atoms with Crippen LogP contribution in [0.15, 0.2) is 43.0 Å². The van der Waals surface area contributed by atoms with Crippen LogP contribution >= 0.6 is 0 Å². The molecule has 33 heavy (non-hydrogen) atoms. The number of hydrogen-bond donors (Lipinski definition) is 1. The first kappa shape index (κ1) is 22.8. The number of hydrogen-bond acceptors (Lipinski definition) is 6. The molecule has 0 bridgehead atoms. The highest BCUT2D eigenvalue weighted by molar-refractivity contribution is 6.00. The van der Waals surface area contributed by atoms with Gasteiger partial charge in [0.1, 0.15) is 5.75 Å². The zero-order valence-corrected chi connectivity index (χ0v) is 18.5. The number of aryl methyl sites for hydroxylation is 1. The fourth-order valence-electron chi connectivity index (χ4n) is 3.94. The summed E-state index contributed by atoms with van der Waals surface area (Å²) in [7, 11) is 0. The molecule has 1 aromatic carbocycles. The average molecular weight is 456 g/mol. The summed E-state index contributed by atoms with van der Waals surface area (Å²) < 4.78 is 12.8. The van der Waals surface area contributed by atoms with Gasteiger partial charge >= 0.3 is 0 Å². The molecule has 2 aliphatic heterocycles. The molecular formula is C23H29N5O5. The highest BCUT2D eigenvalue weighted by Gasteiger charge is 2.35. The molecule has 4 rings (SSSR count). The van der Waals surface area contributed by atoms with Crippen LogP contribution in [0.4, 0.5) is 5.69 Å². The number of nitrogens with zero attached hydrogens (tertiary/aromatic N) is 4. The fraction of sp³-hybridized carbons (Fsp3) is 0.478. The van der Waals surface area contributed by atoms with E-state index in [2.05, 4.69) is 10.3 Å². The Hall–Kier alpha value is -3.40. The predicted molar refractivity (Wildman–Crippen MR) is 120 cm³/mol. The minimum atomic E-state index is -0.368. The molecule has 10 heteroatoms. The number of aromatic nitrogens is 2. The molecule has 176 valence electrons. The maximum absolute atomic E-state index is 12.5. The van der Waals surface area contributed by atoms with Crippen LogP contribution in [0, 0.1) is 5.92 Å². The van der Waals surface area contributed by atoms with Gasteiger partial charge in [-0.05, 0) is 30.7 Å². The smallest absolute Gasteiger partial charge is 0.260 e. The summed E-state index contributed by atoms with van der Waals surface area (Å²) in [6.45, 7) is 3.91. The van der Waals surface area contributed by atoms with E-state index in [1.807, 2.05) is 10.8 Å². The Morgan fingerprint density at radius 3 is 2.70 bits per heavy atom. The van der Waals surface area contributed by atoms with Crippen molar-refractivity contribution in [1.82, 2.24) is 19.8 Å². The van der Waals surface area contributed by atoms with Gasteiger partial charge in [0.05, 0.1) is 25.5 Å². The lowest BCUT2D eigenvalue weighted by molar-refractivity contribution is -0.137. The van der Waals surface area contributed by atoms with Crippen LogP contribution in [-0.2, 0) is 25.7 Å². The van der Waals surface area contributed by atoms with Gasteiger partial charge in [0.25, 0.3) is 5.91 Å². The number of nitrogens with one attached hydrogen (secondary N) is 1. The molecule has 2 aliphatic rings. The SMILES string of the molecule is O=C(NCCCn1ccnc1)[C@H]1CC(=O)N(c2ccc(OCC(=O)N3CCOCC3)cc2)C1. The van der Waals surface area contributed by atoms with Crippen molar-refractivity contribution in [2.45, 2.75) is 19.4 Å². The Morgan fingerprint density at radius 1 is 1.18 bits per heavy atom. The fourth-order valence-corrected chi connectivity index (χ4v) is 3.94. The quantitative estimate of drug-likeness (QED) is 0.558. The van der Waals surface area contributed by atoms with E-state index in [1.165, 1.54) is 0 Å². The molecular weight excluding hydrogens is 426 g/mol. The molecule has 2 fully saturated rings. The lowest BCUT2D eigenvalue weighted by Gasteiger charge is -2.26. The summed E-state index contributed by atoms with van der Waals surface area (Å²) in [5.74, 6) is -0.0641. The van der Waals surface area contributed by atoms with E-state index < -0.39 is 0 Å². The minimum absolute atomic E-state index is 0.0366. The largest absolute Gasteiger partial charge is 0.484 e. The molecule has 1 atom stereocenters. The number of carbonyl (C=O) groups excluding carboxylic acids is 3. The van der Waals surface area contributed by atoms with Gasteiger partial charge < -0.3 is 29.2 Å². The van der Waals surface area contributed by atoms with Gasteiger partial charge in [-0.25, -0.2) is 4.98 Å². The molecule has 3 amide bonds. The number of benzene rings is 1. The average Bonchev–Trinajstić information content (AvgIpc) is 3.51. The second kappa shape index (κ2) is 11.0. The van der Waals surface area contributed by atoms with Gasteiger partial charge in [0.2, 0.25) is 11.8 Å². The number of carbonyl (C=O) groups is 3. The van der Waals surface area contributed by atoms with E-state index in [-0.39, 0.29) is 36.7 Å². The Kier molecular flexibility index (Phi) is 7.56. The van der Waals surface area contributed by atoms with Crippen LogP contribution < -0.4 is 15.0 Å². The van der Waals surface area contributed by atoms with Crippen LogP contribution in [0.2, 0.25) is 0 Å². The Morgan fingerprint density at radius 2 is 1.97 bits per heavy atom. The van der Waals surface area contributed by atoms with Crippen molar-refractivity contribution >= 4 is 23.4 Å². The van der Waals surface area contributed by atoms with Crippen molar-refractivity contribution < 1.29 is 23.9 Å². The first-order valence-electron chi connectivity index (χ1n) is 11.2. The van der Waals surface area contributed by atoms with Gasteiger partial charge in [-0.15, -0.1) is 0 Å². The summed E-state index contributed by atoms with van der Waals surface area (Å²) >= 11 is 0.